The Hall–Kier alpha value is -1.59. The Kier molecular flexibility index (Phi) is 5.12. The van der Waals surface area contributed by atoms with Gasteiger partial charge in [-0.05, 0) is 27.7 Å². The number of nitrogens with zero attached hydrogens (tertiary/aromatic N) is 1. The molecule has 2 amide bonds. The van der Waals surface area contributed by atoms with Crippen molar-refractivity contribution in [2.24, 2.45) is 0 Å². The Morgan fingerprint density at radius 3 is 2.06 bits per heavy atom. The van der Waals surface area contributed by atoms with Crippen molar-refractivity contribution in [2.45, 2.75) is 46.2 Å². The molecule has 6 nitrogen and oxygen atoms in total. The van der Waals surface area contributed by atoms with Gasteiger partial charge in [0.1, 0.15) is 12.6 Å². The van der Waals surface area contributed by atoms with Crippen LogP contribution in [-0.2, 0) is 14.4 Å². The molecule has 2 N–H and O–H groups in total. The largest absolute Gasteiger partial charge is 0.480 e. The highest BCUT2D eigenvalue weighted by atomic mass is 16.4. The third-order valence-corrected chi connectivity index (χ3v) is 2.16. The molecule has 0 aliphatic carbocycles. The molecule has 1 unspecified atom stereocenters. The van der Waals surface area contributed by atoms with Crippen molar-refractivity contribution in [3.63, 3.8) is 0 Å². The molecule has 0 fully saturated rings. The van der Waals surface area contributed by atoms with Gasteiger partial charge in [-0.2, -0.15) is 0 Å². The second kappa shape index (κ2) is 5.65. The molecule has 0 aromatic heterocycles. The lowest BCUT2D eigenvalue weighted by molar-refractivity contribution is -0.149. The lowest BCUT2D eigenvalue weighted by Crippen LogP contribution is -2.55. The van der Waals surface area contributed by atoms with Crippen LogP contribution in [0.2, 0.25) is 0 Å². The molecule has 1 atom stereocenters. The summed E-state index contributed by atoms with van der Waals surface area (Å²) in [5.74, 6) is -1.81. The van der Waals surface area contributed by atoms with Gasteiger partial charge in [0.15, 0.2) is 0 Å². The summed E-state index contributed by atoms with van der Waals surface area (Å²) in [7, 11) is 0. The van der Waals surface area contributed by atoms with Gasteiger partial charge < -0.3 is 15.3 Å². The molecule has 17 heavy (non-hydrogen) atoms. The van der Waals surface area contributed by atoms with E-state index in [2.05, 4.69) is 5.32 Å². The lowest BCUT2D eigenvalue weighted by Gasteiger charge is -2.36. The number of carboxylic acid groups (broad SMARTS) is 1. The maximum Gasteiger partial charge on any atom is 0.323 e. The second-order valence-corrected chi connectivity index (χ2v) is 4.91. The molecule has 0 aromatic carbocycles. The second-order valence-electron chi connectivity index (χ2n) is 4.91. The molecule has 6 heteroatoms. The summed E-state index contributed by atoms with van der Waals surface area (Å²) in [6.07, 6.45) is 0. The van der Waals surface area contributed by atoms with E-state index in [-0.39, 0.29) is 12.5 Å². The summed E-state index contributed by atoms with van der Waals surface area (Å²) in [5.41, 5.74) is -0.609. The van der Waals surface area contributed by atoms with Crippen molar-refractivity contribution in [1.29, 1.82) is 0 Å². The number of carbonyl (C=O) groups is 3. The molecule has 0 rings (SSSR count). The van der Waals surface area contributed by atoms with E-state index in [0.717, 1.165) is 0 Å². The molecule has 0 aliphatic rings. The highest BCUT2D eigenvalue weighted by molar-refractivity contribution is 5.89. The van der Waals surface area contributed by atoms with Crippen LogP contribution in [0, 0.1) is 0 Å². The summed E-state index contributed by atoms with van der Waals surface area (Å²) < 4.78 is 0. The Morgan fingerprint density at radius 2 is 1.76 bits per heavy atom. The third-order valence-electron chi connectivity index (χ3n) is 2.16. The predicted octanol–water partition coefficient (Wildman–Crippen LogP) is 0.223. The lowest BCUT2D eigenvalue weighted by atomic mass is 10.0. The van der Waals surface area contributed by atoms with Gasteiger partial charge in [-0.15, -0.1) is 0 Å². The summed E-state index contributed by atoms with van der Waals surface area (Å²) >= 11 is 0. The zero-order valence-electron chi connectivity index (χ0n) is 10.9. The number of carboxylic acids is 1. The van der Waals surface area contributed by atoms with Crippen LogP contribution in [0.25, 0.3) is 0 Å². The maximum absolute atomic E-state index is 12.0. The number of amides is 2. The molecule has 0 bridgehead atoms. The zero-order chi connectivity index (χ0) is 13.8. The minimum atomic E-state index is -1.08. The summed E-state index contributed by atoms with van der Waals surface area (Å²) in [6, 6.07) is -0.730. The van der Waals surface area contributed by atoms with Crippen molar-refractivity contribution in [3.05, 3.63) is 0 Å². The number of hydrogen-bond donors (Lipinski definition) is 2. The summed E-state index contributed by atoms with van der Waals surface area (Å²) in [4.78, 5) is 34.8. The molecule has 0 radical (unpaired) electrons. The summed E-state index contributed by atoms with van der Waals surface area (Å²) in [5, 5.41) is 11.2. The van der Waals surface area contributed by atoms with Crippen LogP contribution in [0.5, 0.6) is 0 Å². The fourth-order valence-electron chi connectivity index (χ4n) is 1.38. The van der Waals surface area contributed by atoms with Gasteiger partial charge in [-0.3, -0.25) is 14.4 Å². The monoisotopic (exact) mass is 244 g/mol. The van der Waals surface area contributed by atoms with Gasteiger partial charge in [0.2, 0.25) is 11.8 Å². The Morgan fingerprint density at radius 1 is 1.29 bits per heavy atom. The average molecular weight is 244 g/mol. The molecular formula is C11H20N2O4. The van der Waals surface area contributed by atoms with E-state index in [1.165, 1.54) is 18.7 Å². The van der Waals surface area contributed by atoms with Crippen LogP contribution in [0.1, 0.15) is 34.6 Å². The van der Waals surface area contributed by atoms with Crippen molar-refractivity contribution < 1.29 is 19.5 Å². The van der Waals surface area contributed by atoms with Gasteiger partial charge in [0, 0.05) is 12.5 Å². The average Bonchev–Trinajstić information content (AvgIpc) is 2.09. The van der Waals surface area contributed by atoms with E-state index in [4.69, 9.17) is 5.11 Å². The minimum absolute atomic E-state index is 0.324. The first-order valence-electron chi connectivity index (χ1n) is 5.36. The van der Waals surface area contributed by atoms with Crippen molar-refractivity contribution in [1.82, 2.24) is 10.2 Å². The fraction of sp³-hybridized carbons (Fsp3) is 0.727. The Labute approximate surface area is 101 Å². The summed E-state index contributed by atoms with van der Waals surface area (Å²) in [6.45, 7) is 7.69. The first-order valence-corrected chi connectivity index (χ1v) is 5.36. The predicted molar refractivity (Wildman–Crippen MR) is 62.4 cm³/mol. The molecule has 0 heterocycles. The molecule has 0 spiro atoms. The Balaban J connectivity index is 4.87. The van der Waals surface area contributed by atoms with E-state index in [1.807, 2.05) is 0 Å². The topological polar surface area (TPSA) is 86.7 Å². The standard InChI is InChI=1S/C11H20N2O4/c1-7(12-8(2)14)10(17)13(6-9(15)16)11(3,4)5/h7H,6H2,1-5H3,(H,12,14)(H,15,16). The van der Waals surface area contributed by atoms with Gasteiger partial charge in [0.05, 0.1) is 0 Å². The van der Waals surface area contributed by atoms with Crippen LogP contribution in [0.4, 0.5) is 0 Å². The van der Waals surface area contributed by atoms with Crippen LogP contribution in [0.15, 0.2) is 0 Å². The third kappa shape index (κ3) is 5.33. The van der Waals surface area contributed by atoms with Crippen LogP contribution < -0.4 is 5.32 Å². The zero-order valence-corrected chi connectivity index (χ0v) is 10.9. The van der Waals surface area contributed by atoms with E-state index < -0.39 is 23.5 Å². The first kappa shape index (κ1) is 15.4. The van der Waals surface area contributed by atoms with Crippen molar-refractivity contribution >= 4 is 17.8 Å². The number of nitrogens with one attached hydrogen (secondary N) is 1. The molecule has 0 aromatic rings. The SMILES string of the molecule is CC(=O)NC(C)C(=O)N(CC(=O)O)C(C)(C)C. The van der Waals surface area contributed by atoms with Crippen LogP contribution in [-0.4, -0.2) is 45.9 Å². The highest BCUT2D eigenvalue weighted by Crippen LogP contribution is 2.14. The smallest absolute Gasteiger partial charge is 0.323 e. The van der Waals surface area contributed by atoms with Crippen LogP contribution in [0.3, 0.4) is 0 Å². The fourth-order valence-corrected chi connectivity index (χ4v) is 1.38. The van der Waals surface area contributed by atoms with Gasteiger partial charge in [0.25, 0.3) is 0 Å². The van der Waals surface area contributed by atoms with E-state index in [1.54, 1.807) is 20.8 Å². The number of aliphatic carboxylic acids is 1. The number of hydrogen-bond acceptors (Lipinski definition) is 3. The Bertz CT molecular complexity index is 320. The number of rotatable bonds is 4. The molecule has 0 saturated carbocycles. The van der Waals surface area contributed by atoms with E-state index in [9.17, 15) is 14.4 Å². The highest BCUT2D eigenvalue weighted by Gasteiger charge is 2.31. The molecule has 98 valence electrons. The maximum atomic E-state index is 12.0. The number of carbonyl (C=O) groups excluding carboxylic acids is 2. The molecular weight excluding hydrogens is 224 g/mol. The molecule has 0 aliphatic heterocycles. The van der Waals surface area contributed by atoms with E-state index >= 15 is 0 Å². The van der Waals surface area contributed by atoms with Gasteiger partial charge in [-0.25, -0.2) is 0 Å². The van der Waals surface area contributed by atoms with Crippen molar-refractivity contribution in [3.8, 4) is 0 Å². The van der Waals surface area contributed by atoms with E-state index in [0.29, 0.717) is 0 Å². The normalized spacial score (nSPS) is 12.8. The van der Waals surface area contributed by atoms with Gasteiger partial charge >= 0.3 is 5.97 Å². The van der Waals surface area contributed by atoms with Gasteiger partial charge in [-0.1, -0.05) is 0 Å². The minimum Gasteiger partial charge on any atom is -0.480 e. The molecule has 0 saturated heterocycles. The van der Waals surface area contributed by atoms with Crippen molar-refractivity contribution in [2.75, 3.05) is 6.54 Å². The van der Waals surface area contributed by atoms with Crippen LogP contribution >= 0.6 is 0 Å². The quantitative estimate of drug-likeness (QED) is 0.740. The first-order chi connectivity index (χ1) is 7.55.